The molecule has 0 saturated heterocycles. The Kier molecular flexibility index (Phi) is 3.61. The van der Waals surface area contributed by atoms with Gasteiger partial charge < -0.3 is 9.84 Å². The second-order valence-corrected chi connectivity index (χ2v) is 3.96. The van der Waals surface area contributed by atoms with E-state index in [0.717, 1.165) is 5.56 Å². The Morgan fingerprint density at radius 3 is 2.39 bits per heavy atom. The Bertz CT molecular complexity index is 568. The van der Waals surface area contributed by atoms with E-state index in [1.54, 1.807) is 49.4 Å². The van der Waals surface area contributed by atoms with E-state index < -0.39 is 6.10 Å². The van der Waals surface area contributed by atoms with Crippen molar-refractivity contribution < 1.29 is 9.84 Å². The first-order chi connectivity index (χ1) is 8.70. The van der Waals surface area contributed by atoms with Crippen molar-refractivity contribution in [3.05, 3.63) is 59.7 Å². The average molecular weight is 239 g/mol. The molecule has 3 nitrogen and oxygen atoms in total. The molecule has 0 aliphatic carbocycles. The number of nitrogens with zero attached hydrogens (tertiary/aromatic N) is 1. The van der Waals surface area contributed by atoms with Crippen LogP contribution in [-0.2, 0) is 0 Å². The summed E-state index contributed by atoms with van der Waals surface area (Å²) in [6.45, 7) is 1.71. The first-order valence-corrected chi connectivity index (χ1v) is 5.65. The van der Waals surface area contributed by atoms with Crippen LogP contribution in [0.25, 0.3) is 0 Å². The number of hydrogen-bond acceptors (Lipinski definition) is 3. The smallest absolute Gasteiger partial charge is 0.145 e. The molecule has 2 aromatic carbocycles. The Morgan fingerprint density at radius 1 is 1.11 bits per heavy atom. The zero-order chi connectivity index (χ0) is 13.0. The number of para-hydroxylation sites is 1. The molecule has 3 heteroatoms. The fraction of sp³-hybridized carbons (Fsp3) is 0.133. The van der Waals surface area contributed by atoms with Crippen LogP contribution in [0.1, 0.15) is 24.2 Å². The molecule has 0 aromatic heterocycles. The summed E-state index contributed by atoms with van der Waals surface area (Å²) in [7, 11) is 0. The van der Waals surface area contributed by atoms with Gasteiger partial charge in [0.25, 0.3) is 0 Å². The van der Waals surface area contributed by atoms with Gasteiger partial charge in [0.15, 0.2) is 0 Å². The van der Waals surface area contributed by atoms with Crippen molar-refractivity contribution in [2.45, 2.75) is 13.0 Å². The lowest BCUT2D eigenvalue weighted by atomic mass is 10.1. The van der Waals surface area contributed by atoms with Crippen LogP contribution in [0.5, 0.6) is 11.5 Å². The standard InChI is InChI=1S/C15H13NO2/c1-11(17)12-6-8-14(9-7-12)18-15-5-3-2-4-13(15)10-16/h2-9,11,17H,1H3/t11-/m0/s1. The molecule has 0 fully saturated rings. The molecule has 0 heterocycles. The molecule has 0 aliphatic rings. The number of rotatable bonds is 3. The maximum Gasteiger partial charge on any atom is 0.145 e. The number of ether oxygens (including phenoxy) is 1. The normalized spacial score (nSPS) is 11.6. The molecule has 0 aliphatic heterocycles. The molecule has 2 aromatic rings. The quantitative estimate of drug-likeness (QED) is 0.893. The first kappa shape index (κ1) is 12.2. The van der Waals surface area contributed by atoms with Gasteiger partial charge in [-0.05, 0) is 36.8 Å². The Morgan fingerprint density at radius 2 is 1.78 bits per heavy atom. The summed E-state index contributed by atoms with van der Waals surface area (Å²) in [5.74, 6) is 1.17. The number of aliphatic hydroxyl groups excluding tert-OH is 1. The lowest BCUT2D eigenvalue weighted by Crippen LogP contribution is -1.91. The SMILES string of the molecule is C[C@H](O)c1ccc(Oc2ccccc2C#N)cc1. The van der Waals surface area contributed by atoms with Gasteiger partial charge in [-0.15, -0.1) is 0 Å². The number of benzene rings is 2. The van der Waals surface area contributed by atoms with E-state index in [4.69, 9.17) is 10.00 Å². The summed E-state index contributed by atoms with van der Waals surface area (Å²) in [6.07, 6.45) is -0.495. The highest BCUT2D eigenvalue weighted by atomic mass is 16.5. The predicted molar refractivity (Wildman–Crippen MR) is 68.3 cm³/mol. The van der Waals surface area contributed by atoms with E-state index in [1.807, 2.05) is 6.07 Å². The molecule has 0 radical (unpaired) electrons. The van der Waals surface area contributed by atoms with Crippen LogP contribution in [0, 0.1) is 11.3 Å². The van der Waals surface area contributed by atoms with Crippen LogP contribution >= 0.6 is 0 Å². The van der Waals surface area contributed by atoms with E-state index in [1.165, 1.54) is 0 Å². The number of nitriles is 1. The maximum absolute atomic E-state index is 9.40. The molecule has 1 atom stereocenters. The summed E-state index contributed by atoms with van der Waals surface area (Å²) in [6, 6.07) is 16.3. The average Bonchev–Trinajstić information content (AvgIpc) is 2.40. The van der Waals surface area contributed by atoms with Gasteiger partial charge in [-0.2, -0.15) is 5.26 Å². The Labute approximate surface area is 106 Å². The fourth-order valence-corrected chi connectivity index (χ4v) is 1.59. The third kappa shape index (κ3) is 2.68. The summed E-state index contributed by atoms with van der Waals surface area (Å²) in [5, 5.41) is 18.4. The van der Waals surface area contributed by atoms with Crippen molar-refractivity contribution in [1.82, 2.24) is 0 Å². The Balaban J connectivity index is 2.22. The molecule has 18 heavy (non-hydrogen) atoms. The first-order valence-electron chi connectivity index (χ1n) is 5.65. The minimum absolute atomic E-state index is 0.495. The minimum Gasteiger partial charge on any atom is -0.456 e. The highest BCUT2D eigenvalue weighted by Crippen LogP contribution is 2.25. The van der Waals surface area contributed by atoms with E-state index in [2.05, 4.69) is 6.07 Å². The maximum atomic E-state index is 9.40. The van der Waals surface area contributed by atoms with Crippen molar-refractivity contribution in [3.8, 4) is 17.6 Å². The van der Waals surface area contributed by atoms with Gasteiger partial charge in [0.2, 0.25) is 0 Å². The largest absolute Gasteiger partial charge is 0.456 e. The molecule has 0 saturated carbocycles. The molecule has 0 bridgehead atoms. The van der Waals surface area contributed by atoms with Gasteiger partial charge in [-0.25, -0.2) is 0 Å². The van der Waals surface area contributed by atoms with Crippen LogP contribution in [-0.4, -0.2) is 5.11 Å². The van der Waals surface area contributed by atoms with Crippen molar-refractivity contribution in [2.75, 3.05) is 0 Å². The van der Waals surface area contributed by atoms with Crippen LogP contribution in [0.2, 0.25) is 0 Å². The second kappa shape index (κ2) is 5.35. The van der Waals surface area contributed by atoms with Gasteiger partial charge in [0, 0.05) is 0 Å². The monoisotopic (exact) mass is 239 g/mol. The van der Waals surface area contributed by atoms with Gasteiger partial charge in [0.1, 0.15) is 17.6 Å². The van der Waals surface area contributed by atoms with Gasteiger partial charge >= 0.3 is 0 Å². The van der Waals surface area contributed by atoms with Gasteiger partial charge in [-0.1, -0.05) is 24.3 Å². The van der Waals surface area contributed by atoms with Crippen molar-refractivity contribution >= 4 is 0 Å². The van der Waals surface area contributed by atoms with Crippen molar-refractivity contribution in [2.24, 2.45) is 0 Å². The summed E-state index contributed by atoms with van der Waals surface area (Å²) >= 11 is 0. The summed E-state index contributed by atoms with van der Waals surface area (Å²) < 4.78 is 5.63. The molecule has 0 unspecified atom stereocenters. The van der Waals surface area contributed by atoms with Crippen molar-refractivity contribution in [1.29, 1.82) is 5.26 Å². The van der Waals surface area contributed by atoms with Crippen LogP contribution in [0.15, 0.2) is 48.5 Å². The number of hydrogen-bond donors (Lipinski definition) is 1. The van der Waals surface area contributed by atoms with E-state index >= 15 is 0 Å². The van der Waals surface area contributed by atoms with Crippen molar-refractivity contribution in [3.63, 3.8) is 0 Å². The molecular formula is C15H13NO2. The topological polar surface area (TPSA) is 53.2 Å². The van der Waals surface area contributed by atoms with E-state index in [0.29, 0.717) is 17.1 Å². The highest BCUT2D eigenvalue weighted by molar-refractivity contribution is 5.45. The lowest BCUT2D eigenvalue weighted by Gasteiger charge is -2.09. The Hall–Kier alpha value is -2.31. The van der Waals surface area contributed by atoms with Gasteiger partial charge in [0.05, 0.1) is 11.7 Å². The summed E-state index contributed by atoms with van der Waals surface area (Å²) in [4.78, 5) is 0. The lowest BCUT2D eigenvalue weighted by molar-refractivity contribution is 0.199. The van der Waals surface area contributed by atoms with Gasteiger partial charge in [-0.3, -0.25) is 0 Å². The fourth-order valence-electron chi connectivity index (χ4n) is 1.59. The zero-order valence-corrected chi connectivity index (χ0v) is 10.00. The summed E-state index contributed by atoms with van der Waals surface area (Å²) in [5.41, 5.74) is 1.33. The molecule has 1 N–H and O–H groups in total. The van der Waals surface area contributed by atoms with E-state index in [-0.39, 0.29) is 0 Å². The second-order valence-electron chi connectivity index (χ2n) is 3.96. The van der Waals surface area contributed by atoms with Crippen LogP contribution < -0.4 is 4.74 Å². The predicted octanol–water partition coefficient (Wildman–Crippen LogP) is 3.40. The molecule has 0 spiro atoms. The molecular weight excluding hydrogens is 226 g/mol. The third-order valence-electron chi connectivity index (χ3n) is 2.60. The van der Waals surface area contributed by atoms with Crippen LogP contribution in [0.3, 0.4) is 0 Å². The number of aliphatic hydroxyl groups is 1. The zero-order valence-electron chi connectivity index (χ0n) is 10.00. The van der Waals surface area contributed by atoms with Crippen LogP contribution in [0.4, 0.5) is 0 Å². The van der Waals surface area contributed by atoms with E-state index in [9.17, 15) is 5.11 Å². The third-order valence-corrected chi connectivity index (χ3v) is 2.60. The highest BCUT2D eigenvalue weighted by Gasteiger charge is 2.04. The molecule has 90 valence electrons. The molecule has 0 amide bonds. The minimum atomic E-state index is -0.495. The molecule has 2 rings (SSSR count).